The molecule has 0 rings (SSSR count). The predicted molar refractivity (Wildman–Crippen MR) is 31.5 cm³/mol. The average molecular weight is 156 g/mol. The molecule has 9 heavy (non-hydrogen) atoms. The SMILES string of the molecule is C=CCO.O=S(=O)(O)O. The lowest BCUT2D eigenvalue weighted by molar-refractivity contribution is 0.343. The Balaban J connectivity index is 0. The lowest BCUT2D eigenvalue weighted by Crippen LogP contribution is -1.89. The first-order chi connectivity index (χ1) is 3.91. The minimum absolute atomic E-state index is 0.0833. The van der Waals surface area contributed by atoms with Gasteiger partial charge in [0, 0.05) is 0 Å². The lowest BCUT2D eigenvalue weighted by Gasteiger charge is -1.68. The molecule has 0 aromatic rings. The van der Waals surface area contributed by atoms with Crippen LogP contribution in [0.1, 0.15) is 0 Å². The van der Waals surface area contributed by atoms with Crippen LogP contribution >= 0.6 is 0 Å². The topological polar surface area (TPSA) is 94.8 Å². The van der Waals surface area contributed by atoms with Gasteiger partial charge in [-0.15, -0.1) is 6.58 Å². The molecule has 0 radical (unpaired) electrons. The second-order valence-electron chi connectivity index (χ2n) is 0.919. The van der Waals surface area contributed by atoms with Gasteiger partial charge in [-0.3, -0.25) is 9.11 Å². The summed E-state index contributed by atoms with van der Waals surface area (Å²) in [5.74, 6) is 0. The van der Waals surface area contributed by atoms with Gasteiger partial charge < -0.3 is 5.11 Å². The van der Waals surface area contributed by atoms with Gasteiger partial charge in [0.15, 0.2) is 0 Å². The highest BCUT2D eigenvalue weighted by Gasteiger charge is 1.84. The van der Waals surface area contributed by atoms with Crippen LogP contribution < -0.4 is 0 Å². The van der Waals surface area contributed by atoms with Crippen LogP contribution in [0.4, 0.5) is 0 Å². The summed E-state index contributed by atoms with van der Waals surface area (Å²) < 4.78 is 31.6. The fourth-order valence-corrected chi connectivity index (χ4v) is 0. The van der Waals surface area contributed by atoms with Crippen molar-refractivity contribution in [3.8, 4) is 0 Å². The Morgan fingerprint density at radius 3 is 1.56 bits per heavy atom. The number of hydrogen-bond acceptors (Lipinski definition) is 3. The summed E-state index contributed by atoms with van der Waals surface area (Å²) in [6, 6.07) is 0. The Hall–Kier alpha value is -0.430. The van der Waals surface area contributed by atoms with Crippen LogP contribution in [0.2, 0.25) is 0 Å². The Bertz CT molecular complexity index is 138. The zero-order valence-electron chi connectivity index (χ0n) is 4.56. The molecule has 0 bridgehead atoms. The smallest absolute Gasteiger partial charge is 0.392 e. The molecule has 0 fully saturated rings. The summed E-state index contributed by atoms with van der Waals surface area (Å²) in [5, 5.41) is 7.76. The van der Waals surface area contributed by atoms with E-state index in [-0.39, 0.29) is 6.61 Å². The van der Waals surface area contributed by atoms with Crippen LogP contribution in [-0.4, -0.2) is 29.2 Å². The highest BCUT2D eigenvalue weighted by molar-refractivity contribution is 7.79. The average Bonchev–Trinajstić information content (AvgIpc) is 1.61. The van der Waals surface area contributed by atoms with Gasteiger partial charge in [-0.05, 0) is 0 Å². The van der Waals surface area contributed by atoms with Crippen molar-refractivity contribution < 1.29 is 22.6 Å². The maximum Gasteiger partial charge on any atom is 0.394 e. The van der Waals surface area contributed by atoms with E-state index in [1.54, 1.807) is 0 Å². The molecule has 3 N–H and O–H groups in total. The molecule has 0 heterocycles. The monoisotopic (exact) mass is 156 g/mol. The molecule has 0 atom stereocenters. The molecule has 0 aliphatic rings. The summed E-state index contributed by atoms with van der Waals surface area (Å²) in [6.07, 6.45) is 1.43. The first-order valence-corrected chi connectivity index (χ1v) is 3.23. The van der Waals surface area contributed by atoms with Crippen LogP contribution in [0.3, 0.4) is 0 Å². The van der Waals surface area contributed by atoms with Gasteiger partial charge in [-0.2, -0.15) is 8.42 Å². The molecule has 0 saturated carbocycles. The zero-order valence-corrected chi connectivity index (χ0v) is 5.37. The van der Waals surface area contributed by atoms with Gasteiger partial charge in [0.25, 0.3) is 0 Å². The first-order valence-electron chi connectivity index (χ1n) is 1.83. The molecule has 0 aromatic carbocycles. The molecule has 56 valence electrons. The van der Waals surface area contributed by atoms with Gasteiger partial charge in [-0.1, -0.05) is 6.08 Å². The normalized spacial score (nSPS) is 9.22. The van der Waals surface area contributed by atoms with Crippen molar-refractivity contribution >= 4 is 10.4 Å². The minimum Gasteiger partial charge on any atom is -0.392 e. The third kappa shape index (κ3) is 723. The zero-order chi connectivity index (χ0) is 7.91. The molecule has 6 heteroatoms. The van der Waals surface area contributed by atoms with E-state index in [2.05, 4.69) is 6.58 Å². The fraction of sp³-hybridized carbons (Fsp3) is 0.333. The van der Waals surface area contributed by atoms with Crippen molar-refractivity contribution in [1.29, 1.82) is 0 Å². The van der Waals surface area contributed by atoms with Crippen LogP contribution in [0.5, 0.6) is 0 Å². The molecule has 0 spiro atoms. The summed E-state index contributed by atoms with van der Waals surface area (Å²) in [7, 11) is -4.67. The van der Waals surface area contributed by atoms with Crippen LogP contribution in [0.25, 0.3) is 0 Å². The maximum atomic E-state index is 8.74. The van der Waals surface area contributed by atoms with E-state index in [4.69, 9.17) is 22.6 Å². The van der Waals surface area contributed by atoms with Crippen molar-refractivity contribution in [2.24, 2.45) is 0 Å². The van der Waals surface area contributed by atoms with E-state index in [1.165, 1.54) is 6.08 Å². The second-order valence-corrected chi connectivity index (χ2v) is 1.81. The van der Waals surface area contributed by atoms with Gasteiger partial charge >= 0.3 is 10.4 Å². The molecule has 0 aliphatic carbocycles. The Labute approximate surface area is 53.2 Å². The number of rotatable bonds is 1. The molecule has 0 amide bonds. The Morgan fingerprint density at radius 2 is 1.56 bits per heavy atom. The van der Waals surface area contributed by atoms with Crippen molar-refractivity contribution in [3.05, 3.63) is 12.7 Å². The molecule has 0 aromatic heterocycles. The van der Waals surface area contributed by atoms with Gasteiger partial charge in [0.1, 0.15) is 0 Å². The van der Waals surface area contributed by atoms with Crippen molar-refractivity contribution in [2.75, 3.05) is 6.61 Å². The van der Waals surface area contributed by atoms with E-state index in [9.17, 15) is 0 Å². The highest BCUT2D eigenvalue weighted by Crippen LogP contribution is 1.59. The largest absolute Gasteiger partial charge is 0.394 e. The highest BCUT2D eigenvalue weighted by atomic mass is 32.3. The molecule has 5 nitrogen and oxygen atoms in total. The van der Waals surface area contributed by atoms with E-state index >= 15 is 0 Å². The Morgan fingerprint density at radius 1 is 1.44 bits per heavy atom. The molecule has 0 saturated heterocycles. The molecule has 0 unspecified atom stereocenters. The van der Waals surface area contributed by atoms with E-state index in [1.807, 2.05) is 0 Å². The third-order valence-corrected chi connectivity index (χ3v) is 0.129. The maximum absolute atomic E-state index is 8.74. The van der Waals surface area contributed by atoms with Gasteiger partial charge in [0.05, 0.1) is 6.61 Å². The number of aliphatic hydroxyl groups is 1. The van der Waals surface area contributed by atoms with Gasteiger partial charge in [0.2, 0.25) is 0 Å². The van der Waals surface area contributed by atoms with Crippen molar-refractivity contribution in [1.82, 2.24) is 0 Å². The predicted octanol–water partition coefficient (Wildman–Crippen LogP) is -0.488. The summed E-state index contributed by atoms with van der Waals surface area (Å²) >= 11 is 0. The van der Waals surface area contributed by atoms with Crippen molar-refractivity contribution in [2.45, 2.75) is 0 Å². The quantitative estimate of drug-likeness (QED) is 0.352. The first kappa shape index (κ1) is 11.4. The number of hydrogen-bond donors (Lipinski definition) is 3. The standard InChI is InChI=1S/C3H6O.H2O4S/c1-2-3-4;1-5(2,3)4/h2,4H,1,3H2;(H2,1,2,3,4). The minimum atomic E-state index is -4.67. The summed E-state index contributed by atoms with van der Waals surface area (Å²) in [6.45, 7) is 3.31. The van der Waals surface area contributed by atoms with Crippen LogP contribution in [0.15, 0.2) is 12.7 Å². The lowest BCUT2D eigenvalue weighted by atomic mass is 10.7. The summed E-state index contributed by atoms with van der Waals surface area (Å²) in [4.78, 5) is 0. The van der Waals surface area contributed by atoms with E-state index < -0.39 is 10.4 Å². The van der Waals surface area contributed by atoms with Crippen molar-refractivity contribution in [3.63, 3.8) is 0 Å². The third-order valence-electron chi connectivity index (χ3n) is 0.129. The summed E-state index contributed by atoms with van der Waals surface area (Å²) in [5.41, 5.74) is 0. The second kappa shape index (κ2) is 5.70. The van der Waals surface area contributed by atoms with E-state index in [0.717, 1.165) is 0 Å². The molecular weight excluding hydrogens is 148 g/mol. The van der Waals surface area contributed by atoms with Crippen LogP contribution in [-0.2, 0) is 10.4 Å². The Kier molecular flexibility index (Phi) is 7.21. The fourth-order valence-electron chi connectivity index (χ4n) is 0. The van der Waals surface area contributed by atoms with E-state index in [0.29, 0.717) is 0 Å². The molecular formula is C3H8O5S. The van der Waals surface area contributed by atoms with Gasteiger partial charge in [-0.25, -0.2) is 0 Å². The van der Waals surface area contributed by atoms with Crippen LogP contribution in [0, 0.1) is 0 Å². The number of aliphatic hydroxyl groups excluding tert-OH is 1. The molecule has 0 aliphatic heterocycles.